The fraction of sp³-hybridized carbons (Fsp3) is 0.154. The molecule has 0 spiro atoms. The number of nitrogens with zero attached hydrogens (tertiary/aromatic N) is 2. The molecule has 6 heteroatoms. The van der Waals surface area contributed by atoms with Crippen molar-refractivity contribution < 1.29 is 5.11 Å². The Hall–Kier alpha value is -1.37. The van der Waals surface area contributed by atoms with E-state index in [4.69, 9.17) is 5.73 Å². The van der Waals surface area contributed by atoms with E-state index in [2.05, 4.69) is 20.9 Å². The summed E-state index contributed by atoms with van der Waals surface area (Å²) in [5.41, 5.74) is 8.25. The number of aliphatic hydroxyl groups excluding tert-OH is 1. The number of halogens is 1. The van der Waals surface area contributed by atoms with Gasteiger partial charge in [0.05, 0.1) is 17.6 Å². The summed E-state index contributed by atoms with van der Waals surface area (Å²) < 4.78 is 3.10. The van der Waals surface area contributed by atoms with E-state index in [9.17, 15) is 5.11 Å². The molecule has 98 valence electrons. The molecule has 0 radical (unpaired) electrons. The minimum absolute atomic E-state index is 0.0857. The molecule has 0 bridgehead atoms. The van der Waals surface area contributed by atoms with Crippen LogP contribution in [0.4, 0.5) is 5.69 Å². The van der Waals surface area contributed by atoms with E-state index in [1.54, 1.807) is 11.3 Å². The van der Waals surface area contributed by atoms with E-state index in [0.717, 1.165) is 15.5 Å². The predicted molar refractivity (Wildman–Crippen MR) is 81.2 cm³/mol. The van der Waals surface area contributed by atoms with Gasteiger partial charge in [0.1, 0.15) is 12.4 Å². The van der Waals surface area contributed by atoms with Crippen molar-refractivity contribution >= 4 is 44.0 Å². The highest BCUT2D eigenvalue weighted by Crippen LogP contribution is 2.27. The number of rotatable bonds is 3. The maximum absolute atomic E-state index is 9.46. The molecule has 0 amide bonds. The molecule has 0 aliphatic rings. The lowest BCUT2D eigenvalue weighted by molar-refractivity contribution is 0.267. The Bertz CT molecular complexity index is 735. The molecule has 2 heterocycles. The zero-order chi connectivity index (χ0) is 13.4. The van der Waals surface area contributed by atoms with Gasteiger partial charge >= 0.3 is 0 Å². The molecule has 0 aliphatic carbocycles. The van der Waals surface area contributed by atoms with Gasteiger partial charge in [0.25, 0.3) is 0 Å². The van der Waals surface area contributed by atoms with Crippen molar-refractivity contribution in [1.82, 2.24) is 9.55 Å². The van der Waals surface area contributed by atoms with Gasteiger partial charge < -0.3 is 15.4 Å². The van der Waals surface area contributed by atoms with Gasteiger partial charge in [-0.3, -0.25) is 0 Å². The summed E-state index contributed by atoms with van der Waals surface area (Å²) in [6.45, 7) is 0.603. The van der Waals surface area contributed by atoms with Gasteiger partial charge in [-0.15, -0.1) is 11.3 Å². The Labute approximate surface area is 122 Å². The zero-order valence-electron chi connectivity index (χ0n) is 10.0. The van der Waals surface area contributed by atoms with Crippen LogP contribution in [0, 0.1) is 0 Å². The minimum atomic E-state index is -0.0857. The van der Waals surface area contributed by atoms with E-state index >= 15 is 0 Å². The first kappa shape index (κ1) is 12.7. The van der Waals surface area contributed by atoms with Gasteiger partial charge in [-0.05, 0) is 45.6 Å². The lowest BCUT2D eigenvalue weighted by Gasteiger charge is -2.07. The van der Waals surface area contributed by atoms with Crippen LogP contribution in [0.5, 0.6) is 0 Å². The number of benzene rings is 1. The third-order valence-electron chi connectivity index (χ3n) is 2.99. The van der Waals surface area contributed by atoms with Crippen LogP contribution in [0.3, 0.4) is 0 Å². The number of aliphatic hydroxyl groups is 1. The predicted octanol–water partition coefficient (Wildman–Crippen LogP) is 2.98. The Morgan fingerprint density at radius 3 is 2.89 bits per heavy atom. The Morgan fingerprint density at radius 1 is 1.37 bits per heavy atom. The molecule has 3 aromatic rings. The molecule has 0 unspecified atom stereocenters. The van der Waals surface area contributed by atoms with Crippen LogP contribution in [0.15, 0.2) is 34.1 Å². The van der Waals surface area contributed by atoms with E-state index in [-0.39, 0.29) is 6.61 Å². The van der Waals surface area contributed by atoms with Gasteiger partial charge in [-0.25, -0.2) is 4.98 Å². The fourth-order valence-electron chi connectivity index (χ4n) is 2.08. The molecule has 0 saturated carbocycles. The summed E-state index contributed by atoms with van der Waals surface area (Å²) in [5.74, 6) is 0.654. The quantitative estimate of drug-likeness (QED) is 0.722. The third-order valence-corrected chi connectivity index (χ3v) is 4.90. The highest BCUT2D eigenvalue weighted by atomic mass is 79.9. The lowest BCUT2D eigenvalue weighted by atomic mass is 10.3. The first-order valence-corrected chi connectivity index (χ1v) is 7.43. The molecular formula is C13H12BrN3OS. The molecule has 0 aliphatic heterocycles. The standard InChI is InChI=1S/C13H12BrN3OS/c14-9-3-4-19-12(9)6-17-11-2-1-8(15)5-10(11)16-13(17)7-18/h1-5,18H,6-7,15H2. The van der Waals surface area contributed by atoms with Crippen LogP contribution in [0.2, 0.25) is 0 Å². The summed E-state index contributed by atoms with van der Waals surface area (Å²) in [6, 6.07) is 7.65. The normalized spacial score (nSPS) is 11.3. The number of nitrogen functional groups attached to an aromatic ring is 1. The van der Waals surface area contributed by atoms with Gasteiger partial charge in [0.15, 0.2) is 0 Å². The molecule has 3 N–H and O–H groups in total. The second kappa shape index (κ2) is 4.96. The number of anilines is 1. The summed E-state index contributed by atoms with van der Waals surface area (Å²) in [4.78, 5) is 5.62. The van der Waals surface area contributed by atoms with Crippen LogP contribution in [0.25, 0.3) is 11.0 Å². The van der Waals surface area contributed by atoms with Crippen LogP contribution in [-0.2, 0) is 13.2 Å². The first-order chi connectivity index (χ1) is 9.19. The molecule has 0 saturated heterocycles. The van der Waals surface area contributed by atoms with E-state index in [0.29, 0.717) is 18.1 Å². The zero-order valence-corrected chi connectivity index (χ0v) is 12.4. The largest absolute Gasteiger partial charge is 0.399 e. The Morgan fingerprint density at radius 2 is 2.21 bits per heavy atom. The number of hydrogen-bond acceptors (Lipinski definition) is 4. The molecule has 1 aromatic carbocycles. The summed E-state index contributed by atoms with van der Waals surface area (Å²) in [6.07, 6.45) is 0. The van der Waals surface area contributed by atoms with Gasteiger partial charge in [0.2, 0.25) is 0 Å². The summed E-state index contributed by atoms with van der Waals surface area (Å²) in [7, 11) is 0. The topological polar surface area (TPSA) is 64.1 Å². The Balaban J connectivity index is 2.13. The van der Waals surface area contributed by atoms with Crippen molar-refractivity contribution in [2.24, 2.45) is 0 Å². The maximum Gasteiger partial charge on any atom is 0.136 e. The number of thiophene rings is 1. The van der Waals surface area contributed by atoms with Crippen molar-refractivity contribution in [2.45, 2.75) is 13.2 Å². The van der Waals surface area contributed by atoms with Crippen LogP contribution >= 0.6 is 27.3 Å². The number of hydrogen-bond donors (Lipinski definition) is 2. The number of imidazole rings is 1. The number of nitrogens with two attached hydrogens (primary N) is 1. The SMILES string of the molecule is Nc1ccc2c(c1)nc(CO)n2Cc1sccc1Br. The summed E-state index contributed by atoms with van der Waals surface area (Å²) >= 11 is 5.21. The molecule has 0 fully saturated rings. The van der Waals surface area contributed by atoms with Crippen molar-refractivity contribution in [1.29, 1.82) is 0 Å². The fourth-order valence-corrected chi connectivity index (χ4v) is 3.54. The average Bonchev–Trinajstić information content (AvgIpc) is 2.94. The van der Waals surface area contributed by atoms with Gasteiger partial charge in [-0.1, -0.05) is 0 Å². The van der Waals surface area contributed by atoms with Gasteiger partial charge in [-0.2, -0.15) is 0 Å². The van der Waals surface area contributed by atoms with Crippen LogP contribution in [-0.4, -0.2) is 14.7 Å². The molecule has 19 heavy (non-hydrogen) atoms. The van der Waals surface area contributed by atoms with E-state index in [1.807, 2.05) is 34.2 Å². The second-order valence-electron chi connectivity index (χ2n) is 4.21. The smallest absolute Gasteiger partial charge is 0.136 e. The molecule has 4 nitrogen and oxygen atoms in total. The highest BCUT2D eigenvalue weighted by Gasteiger charge is 2.12. The molecular weight excluding hydrogens is 326 g/mol. The highest BCUT2D eigenvalue weighted by molar-refractivity contribution is 9.10. The first-order valence-electron chi connectivity index (χ1n) is 5.76. The molecule has 2 aromatic heterocycles. The van der Waals surface area contributed by atoms with Crippen molar-refractivity contribution in [3.05, 3.63) is 44.8 Å². The Kier molecular flexibility index (Phi) is 3.30. The average molecular weight is 338 g/mol. The lowest BCUT2D eigenvalue weighted by Crippen LogP contribution is -2.04. The van der Waals surface area contributed by atoms with Crippen LogP contribution < -0.4 is 5.73 Å². The molecule has 3 rings (SSSR count). The third kappa shape index (κ3) is 2.27. The van der Waals surface area contributed by atoms with E-state index < -0.39 is 0 Å². The minimum Gasteiger partial charge on any atom is -0.399 e. The second-order valence-corrected chi connectivity index (χ2v) is 6.07. The van der Waals surface area contributed by atoms with E-state index in [1.165, 1.54) is 4.88 Å². The number of fused-ring (bicyclic) bond motifs is 1. The number of aromatic nitrogens is 2. The van der Waals surface area contributed by atoms with Gasteiger partial charge in [0, 0.05) is 15.0 Å². The van der Waals surface area contributed by atoms with Crippen molar-refractivity contribution in [3.63, 3.8) is 0 Å². The molecule has 0 atom stereocenters. The monoisotopic (exact) mass is 337 g/mol. The summed E-state index contributed by atoms with van der Waals surface area (Å²) in [5, 5.41) is 11.5. The maximum atomic E-state index is 9.46. The van der Waals surface area contributed by atoms with Crippen LogP contribution in [0.1, 0.15) is 10.7 Å². The van der Waals surface area contributed by atoms with Crippen molar-refractivity contribution in [3.8, 4) is 0 Å². The van der Waals surface area contributed by atoms with Crippen molar-refractivity contribution in [2.75, 3.05) is 5.73 Å².